The summed E-state index contributed by atoms with van der Waals surface area (Å²) in [7, 11) is 0. The first-order valence-corrected chi connectivity index (χ1v) is 9.86. The molecule has 0 atom stereocenters. The van der Waals surface area contributed by atoms with Crippen LogP contribution >= 0.6 is 15.9 Å². The molecule has 150 valence electrons. The topological polar surface area (TPSA) is 87.3 Å². The van der Waals surface area contributed by atoms with Crippen LogP contribution in [0.5, 0.6) is 0 Å². The molecule has 0 radical (unpaired) electrons. The smallest absolute Gasteiger partial charge is 0.255 e. The summed E-state index contributed by atoms with van der Waals surface area (Å²) in [6, 6.07) is 4.47. The minimum absolute atomic E-state index is 0.152. The molecule has 0 unspecified atom stereocenters. The Hall–Kier alpha value is -2.26. The van der Waals surface area contributed by atoms with E-state index in [1.807, 2.05) is 4.90 Å². The van der Waals surface area contributed by atoms with E-state index >= 15 is 0 Å². The van der Waals surface area contributed by atoms with Crippen molar-refractivity contribution >= 4 is 27.8 Å². The fraction of sp³-hybridized carbons (Fsp3) is 0.421. The Bertz CT molecular complexity index is 892. The molecule has 0 spiro atoms. The number of morpholine rings is 1. The van der Waals surface area contributed by atoms with Gasteiger partial charge in [0.2, 0.25) is 11.9 Å². The molecule has 1 aromatic carbocycles. The van der Waals surface area contributed by atoms with Crippen LogP contribution in [0.2, 0.25) is 0 Å². The summed E-state index contributed by atoms with van der Waals surface area (Å²) in [5, 5.41) is 2.74. The molecule has 7 nitrogen and oxygen atoms in total. The van der Waals surface area contributed by atoms with Gasteiger partial charge in [-0.1, -0.05) is 15.9 Å². The van der Waals surface area contributed by atoms with Gasteiger partial charge in [0, 0.05) is 41.8 Å². The standard InChI is InChI=1S/C19H22BrFN4O3/c1-12-16(18(27)24-19(23-12)25-4-6-28-7-5-25)2-3-17(26)22-11-13-8-14(20)10-15(21)9-13/h8-10H,2-7,11H2,1H3,(H,22,26)(H,23,24,27). The number of carbonyl (C=O) groups is 1. The molecule has 0 saturated carbocycles. The van der Waals surface area contributed by atoms with Gasteiger partial charge in [-0.3, -0.25) is 14.6 Å². The van der Waals surface area contributed by atoms with E-state index in [-0.39, 0.29) is 36.7 Å². The maximum absolute atomic E-state index is 13.4. The summed E-state index contributed by atoms with van der Waals surface area (Å²) < 4.78 is 19.3. The SMILES string of the molecule is Cc1nc(N2CCOCC2)[nH]c(=O)c1CCC(=O)NCc1cc(F)cc(Br)c1. The number of ether oxygens (including phenoxy) is 1. The van der Waals surface area contributed by atoms with Crippen LogP contribution in [0.25, 0.3) is 0 Å². The molecule has 2 aromatic rings. The summed E-state index contributed by atoms with van der Waals surface area (Å²) in [5.41, 5.74) is 1.55. The molecule has 1 aliphatic rings. The number of carbonyl (C=O) groups excluding carboxylic acids is 1. The Balaban J connectivity index is 1.57. The number of hydrogen-bond acceptors (Lipinski definition) is 5. The molecule has 28 heavy (non-hydrogen) atoms. The van der Waals surface area contributed by atoms with Crippen molar-refractivity contribution in [3.8, 4) is 0 Å². The highest BCUT2D eigenvalue weighted by molar-refractivity contribution is 9.10. The highest BCUT2D eigenvalue weighted by atomic mass is 79.9. The van der Waals surface area contributed by atoms with Crippen LogP contribution in [0.4, 0.5) is 10.3 Å². The lowest BCUT2D eigenvalue weighted by Crippen LogP contribution is -2.38. The van der Waals surface area contributed by atoms with Crippen molar-refractivity contribution in [3.63, 3.8) is 0 Å². The third-order valence-electron chi connectivity index (χ3n) is 4.53. The average molecular weight is 453 g/mol. The van der Waals surface area contributed by atoms with Crippen molar-refractivity contribution in [2.45, 2.75) is 26.3 Å². The van der Waals surface area contributed by atoms with E-state index in [2.05, 4.69) is 31.2 Å². The van der Waals surface area contributed by atoms with Gasteiger partial charge in [-0.25, -0.2) is 9.37 Å². The van der Waals surface area contributed by atoms with Crippen molar-refractivity contribution in [1.29, 1.82) is 0 Å². The first-order valence-electron chi connectivity index (χ1n) is 9.06. The third-order valence-corrected chi connectivity index (χ3v) is 4.99. The van der Waals surface area contributed by atoms with E-state index in [1.54, 1.807) is 13.0 Å². The van der Waals surface area contributed by atoms with E-state index in [9.17, 15) is 14.0 Å². The van der Waals surface area contributed by atoms with E-state index in [4.69, 9.17) is 4.74 Å². The van der Waals surface area contributed by atoms with E-state index in [0.717, 1.165) is 0 Å². The van der Waals surface area contributed by atoms with Gasteiger partial charge in [-0.15, -0.1) is 0 Å². The number of rotatable bonds is 6. The normalized spacial score (nSPS) is 14.2. The summed E-state index contributed by atoms with van der Waals surface area (Å²) in [4.78, 5) is 33.8. The number of anilines is 1. The number of nitrogens with zero attached hydrogens (tertiary/aromatic N) is 2. The Morgan fingerprint density at radius 1 is 1.36 bits per heavy atom. The molecule has 3 rings (SSSR count). The number of H-pyrrole nitrogens is 1. The van der Waals surface area contributed by atoms with Crippen molar-refractivity contribution in [3.05, 3.63) is 55.7 Å². The summed E-state index contributed by atoms with van der Waals surface area (Å²) >= 11 is 3.22. The molecule has 1 fully saturated rings. The minimum Gasteiger partial charge on any atom is -0.378 e. The van der Waals surface area contributed by atoms with E-state index in [1.165, 1.54) is 12.1 Å². The summed E-state index contributed by atoms with van der Waals surface area (Å²) in [6.07, 6.45) is 0.440. The zero-order chi connectivity index (χ0) is 20.1. The second-order valence-electron chi connectivity index (χ2n) is 6.61. The van der Waals surface area contributed by atoms with Crippen LogP contribution in [0.3, 0.4) is 0 Å². The molecule has 0 bridgehead atoms. The molecule has 1 aromatic heterocycles. The Labute approximate surface area is 170 Å². The molecule has 9 heteroatoms. The Kier molecular flexibility index (Phi) is 6.79. The van der Waals surface area contributed by atoms with Crippen LogP contribution in [-0.2, 0) is 22.5 Å². The number of aromatic amines is 1. The maximum atomic E-state index is 13.4. The fourth-order valence-corrected chi connectivity index (χ4v) is 3.57. The molecule has 2 heterocycles. The molecule has 1 aliphatic heterocycles. The number of benzene rings is 1. The summed E-state index contributed by atoms with van der Waals surface area (Å²) in [6.45, 7) is 4.56. The number of hydrogen-bond donors (Lipinski definition) is 2. The van der Waals surface area contributed by atoms with Gasteiger partial charge in [0.05, 0.1) is 13.2 Å². The number of halogens is 2. The van der Waals surface area contributed by atoms with Crippen molar-refractivity contribution in [2.24, 2.45) is 0 Å². The highest BCUT2D eigenvalue weighted by Gasteiger charge is 2.16. The van der Waals surface area contributed by atoms with Gasteiger partial charge in [-0.2, -0.15) is 0 Å². The van der Waals surface area contributed by atoms with Gasteiger partial charge in [0.15, 0.2) is 0 Å². The highest BCUT2D eigenvalue weighted by Crippen LogP contribution is 2.15. The number of aryl methyl sites for hydroxylation is 1. The monoisotopic (exact) mass is 452 g/mol. The largest absolute Gasteiger partial charge is 0.378 e. The minimum atomic E-state index is -0.368. The van der Waals surface area contributed by atoms with Crippen LogP contribution < -0.4 is 15.8 Å². The van der Waals surface area contributed by atoms with E-state index in [0.29, 0.717) is 53.5 Å². The lowest BCUT2D eigenvalue weighted by atomic mass is 10.1. The maximum Gasteiger partial charge on any atom is 0.255 e. The molecule has 0 aliphatic carbocycles. The van der Waals surface area contributed by atoms with Crippen LogP contribution in [0.15, 0.2) is 27.5 Å². The molecule has 2 N–H and O–H groups in total. The molecular formula is C19H22BrFN4O3. The Morgan fingerprint density at radius 2 is 2.11 bits per heavy atom. The van der Waals surface area contributed by atoms with Gasteiger partial charge in [-0.05, 0) is 37.1 Å². The predicted molar refractivity (Wildman–Crippen MR) is 107 cm³/mol. The molecule has 1 saturated heterocycles. The summed E-state index contributed by atoms with van der Waals surface area (Å²) in [5.74, 6) is -0.0423. The van der Waals surface area contributed by atoms with Gasteiger partial charge in [0.25, 0.3) is 5.56 Å². The van der Waals surface area contributed by atoms with Crippen LogP contribution in [0.1, 0.15) is 23.2 Å². The van der Waals surface area contributed by atoms with Crippen LogP contribution in [0, 0.1) is 12.7 Å². The third kappa shape index (κ3) is 5.39. The number of aromatic nitrogens is 2. The van der Waals surface area contributed by atoms with E-state index < -0.39 is 0 Å². The van der Waals surface area contributed by atoms with Gasteiger partial charge < -0.3 is 15.0 Å². The van der Waals surface area contributed by atoms with Crippen LogP contribution in [-0.4, -0.2) is 42.2 Å². The number of amides is 1. The van der Waals surface area contributed by atoms with Gasteiger partial charge in [0.1, 0.15) is 5.82 Å². The molecule has 1 amide bonds. The second-order valence-corrected chi connectivity index (χ2v) is 7.52. The van der Waals surface area contributed by atoms with Crippen molar-refractivity contribution < 1.29 is 13.9 Å². The fourth-order valence-electron chi connectivity index (χ4n) is 3.06. The first kappa shape index (κ1) is 20.5. The van der Waals surface area contributed by atoms with Gasteiger partial charge >= 0.3 is 0 Å². The Morgan fingerprint density at radius 3 is 2.79 bits per heavy atom. The van der Waals surface area contributed by atoms with Crippen molar-refractivity contribution in [1.82, 2.24) is 15.3 Å². The van der Waals surface area contributed by atoms with Crippen molar-refractivity contribution in [2.75, 3.05) is 31.2 Å². The molecular weight excluding hydrogens is 431 g/mol. The lowest BCUT2D eigenvalue weighted by Gasteiger charge is -2.27. The lowest BCUT2D eigenvalue weighted by molar-refractivity contribution is -0.121. The number of nitrogens with one attached hydrogen (secondary N) is 2. The zero-order valence-electron chi connectivity index (χ0n) is 15.6. The first-order chi connectivity index (χ1) is 13.4. The average Bonchev–Trinajstić information content (AvgIpc) is 2.65. The predicted octanol–water partition coefficient (Wildman–Crippen LogP) is 2.07. The zero-order valence-corrected chi connectivity index (χ0v) is 17.1. The second kappa shape index (κ2) is 9.29. The quantitative estimate of drug-likeness (QED) is 0.700.